The third-order valence-corrected chi connectivity index (χ3v) is 7.27. The van der Waals surface area contributed by atoms with Gasteiger partial charge in [0.2, 0.25) is 10.0 Å². The summed E-state index contributed by atoms with van der Waals surface area (Å²) in [7, 11) is -1.76. The summed E-state index contributed by atoms with van der Waals surface area (Å²) in [6.07, 6.45) is 0. The standard InChI is InChI=1S/C23H33N5O4S/c1-23(2,3)25-33(31,32)19-10-11-20(21(16-19)28(29)30)24-12-13-27-15-14-26(4)17-22(27)18-8-6-5-7-9-18/h5-11,16,22,24-25H,12-15,17H2,1-4H3/t22-/m1/s1. The number of nitrogens with one attached hydrogen (secondary N) is 2. The molecule has 1 aliphatic rings. The summed E-state index contributed by atoms with van der Waals surface area (Å²) >= 11 is 0. The van der Waals surface area contributed by atoms with Gasteiger partial charge in [-0.2, -0.15) is 0 Å². The summed E-state index contributed by atoms with van der Waals surface area (Å²) in [4.78, 5) is 15.7. The number of sulfonamides is 1. The van der Waals surface area contributed by atoms with E-state index in [1.807, 2.05) is 18.2 Å². The second-order valence-electron chi connectivity index (χ2n) is 9.44. The van der Waals surface area contributed by atoms with Crippen molar-refractivity contribution < 1.29 is 13.3 Å². The number of nitro groups is 1. The zero-order valence-corrected chi connectivity index (χ0v) is 20.4. The van der Waals surface area contributed by atoms with E-state index in [9.17, 15) is 18.5 Å². The van der Waals surface area contributed by atoms with Crippen LogP contribution in [0.3, 0.4) is 0 Å². The van der Waals surface area contributed by atoms with Crippen LogP contribution >= 0.6 is 0 Å². The van der Waals surface area contributed by atoms with Crippen LogP contribution in [-0.2, 0) is 10.0 Å². The van der Waals surface area contributed by atoms with Crippen LogP contribution in [-0.4, -0.2) is 68.5 Å². The molecule has 0 spiro atoms. The molecule has 33 heavy (non-hydrogen) atoms. The lowest BCUT2D eigenvalue weighted by molar-refractivity contribution is -0.384. The highest BCUT2D eigenvalue weighted by atomic mass is 32.2. The zero-order valence-electron chi connectivity index (χ0n) is 19.6. The highest BCUT2D eigenvalue weighted by molar-refractivity contribution is 7.89. The van der Waals surface area contributed by atoms with Crippen LogP contribution in [0.25, 0.3) is 0 Å². The van der Waals surface area contributed by atoms with Crippen LogP contribution in [0.15, 0.2) is 53.4 Å². The van der Waals surface area contributed by atoms with Crippen molar-refractivity contribution in [3.8, 4) is 0 Å². The number of rotatable bonds is 8. The van der Waals surface area contributed by atoms with Crippen LogP contribution in [0.5, 0.6) is 0 Å². The van der Waals surface area contributed by atoms with Gasteiger partial charge in [-0.3, -0.25) is 15.0 Å². The Labute approximate surface area is 196 Å². The van der Waals surface area contributed by atoms with E-state index in [0.29, 0.717) is 18.8 Å². The molecule has 1 saturated heterocycles. The lowest BCUT2D eigenvalue weighted by atomic mass is 10.0. The van der Waals surface area contributed by atoms with Gasteiger partial charge in [0, 0.05) is 50.4 Å². The van der Waals surface area contributed by atoms with E-state index in [2.05, 4.69) is 39.0 Å². The van der Waals surface area contributed by atoms with E-state index in [1.54, 1.807) is 20.8 Å². The van der Waals surface area contributed by atoms with E-state index >= 15 is 0 Å². The molecule has 0 saturated carbocycles. The van der Waals surface area contributed by atoms with E-state index in [4.69, 9.17) is 0 Å². The van der Waals surface area contributed by atoms with E-state index in [0.717, 1.165) is 25.7 Å². The number of likely N-dealkylation sites (N-methyl/N-ethyl adjacent to an activating group) is 1. The first-order valence-electron chi connectivity index (χ1n) is 11.0. The fraction of sp³-hybridized carbons (Fsp3) is 0.478. The van der Waals surface area contributed by atoms with Gasteiger partial charge in [-0.1, -0.05) is 30.3 Å². The first kappa shape index (κ1) is 25.1. The summed E-state index contributed by atoms with van der Waals surface area (Å²) in [6, 6.07) is 14.5. The Kier molecular flexibility index (Phi) is 7.73. The largest absolute Gasteiger partial charge is 0.378 e. The van der Waals surface area contributed by atoms with E-state index < -0.39 is 20.5 Å². The first-order chi connectivity index (χ1) is 15.5. The monoisotopic (exact) mass is 475 g/mol. The molecule has 0 aromatic heterocycles. The summed E-state index contributed by atoms with van der Waals surface area (Å²) in [5.41, 5.74) is 0.600. The minimum Gasteiger partial charge on any atom is -0.378 e. The molecule has 0 unspecified atom stereocenters. The minimum absolute atomic E-state index is 0.127. The summed E-state index contributed by atoms with van der Waals surface area (Å²) in [5, 5.41) is 14.8. The van der Waals surface area contributed by atoms with Crippen molar-refractivity contribution >= 4 is 21.4 Å². The van der Waals surface area contributed by atoms with Crippen molar-refractivity contribution in [1.82, 2.24) is 14.5 Å². The van der Waals surface area contributed by atoms with Gasteiger partial charge >= 0.3 is 0 Å². The number of hydrogen-bond acceptors (Lipinski definition) is 7. The summed E-state index contributed by atoms with van der Waals surface area (Å²) in [5.74, 6) is 0. The predicted octanol–water partition coefficient (Wildman–Crippen LogP) is 3.07. The SMILES string of the molecule is CN1CCN(CCNc2ccc(S(=O)(=O)NC(C)(C)C)cc2[N+](=O)[O-])[C@@H](c2ccccc2)C1. The number of anilines is 1. The Morgan fingerprint density at radius 1 is 1.12 bits per heavy atom. The topological polar surface area (TPSA) is 108 Å². The van der Waals surface area contributed by atoms with Gasteiger partial charge in [-0.05, 0) is 45.5 Å². The van der Waals surface area contributed by atoms with Crippen molar-refractivity contribution in [2.45, 2.75) is 37.2 Å². The third-order valence-electron chi connectivity index (χ3n) is 5.51. The average molecular weight is 476 g/mol. The lowest BCUT2D eigenvalue weighted by Crippen LogP contribution is -2.48. The molecule has 180 valence electrons. The van der Waals surface area contributed by atoms with Crippen LogP contribution in [0.1, 0.15) is 32.4 Å². The number of piperazine rings is 1. The maximum absolute atomic E-state index is 12.6. The molecule has 0 radical (unpaired) electrons. The molecule has 1 atom stereocenters. The molecule has 1 heterocycles. The molecule has 0 aliphatic carbocycles. The number of nitro benzene ring substituents is 1. The maximum Gasteiger partial charge on any atom is 0.293 e. The van der Waals surface area contributed by atoms with E-state index in [-0.39, 0.29) is 16.6 Å². The molecule has 9 nitrogen and oxygen atoms in total. The molecule has 2 N–H and O–H groups in total. The molecule has 10 heteroatoms. The van der Waals surface area contributed by atoms with Gasteiger partial charge in [0.1, 0.15) is 5.69 Å². The van der Waals surface area contributed by atoms with Crippen molar-refractivity contribution in [1.29, 1.82) is 0 Å². The highest BCUT2D eigenvalue weighted by Crippen LogP contribution is 2.29. The highest BCUT2D eigenvalue weighted by Gasteiger charge is 2.27. The molecular weight excluding hydrogens is 442 g/mol. The first-order valence-corrected chi connectivity index (χ1v) is 12.5. The molecule has 0 bridgehead atoms. The Morgan fingerprint density at radius 2 is 1.82 bits per heavy atom. The quantitative estimate of drug-likeness (QED) is 0.446. The van der Waals surface area contributed by atoms with Crippen molar-refractivity contribution in [3.63, 3.8) is 0 Å². The number of hydrogen-bond donors (Lipinski definition) is 2. The third kappa shape index (κ3) is 6.73. The molecule has 1 aliphatic heterocycles. The van der Waals surface area contributed by atoms with E-state index in [1.165, 1.54) is 17.7 Å². The van der Waals surface area contributed by atoms with Crippen LogP contribution in [0.2, 0.25) is 0 Å². The normalized spacial score (nSPS) is 18.2. The zero-order chi connectivity index (χ0) is 24.2. The maximum atomic E-state index is 12.6. The Hall–Kier alpha value is -2.53. The Morgan fingerprint density at radius 3 is 2.45 bits per heavy atom. The predicted molar refractivity (Wildman–Crippen MR) is 130 cm³/mol. The van der Waals surface area contributed by atoms with Crippen LogP contribution in [0, 0.1) is 10.1 Å². The Bertz CT molecular complexity index is 1070. The van der Waals surface area contributed by atoms with Gasteiger partial charge in [-0.25, -0.2) is 13.1 Å². The molecule has 2 aromatic carbocycles. The molecule has 0 amide bonds. The number of benzene rings is 2. The average Bonchev–Trinajstić information content (AvgIpc) is 2.73. The Balaban J connectivity index is 1.72. The van der Waals surface area contributed by atoms with Crippen molar-refractivity contribution in [2.24, 2.45) is 0 Å². The van der Waals surface area contributed by atoms with Gasteiger partial charge < -0.3 is 10.2 Å². The second kappa shape index (κ2) is 10.2. The van der Waals surface area contributed by atoms with Crippen molar-refractivity contribution in [3.05, 3.63) is 64.2 Å². The second-order valence-corrected chi connectivity index (χ2v) is 11.1. The fourth-order valence-electron chi connectivity index (χ4n) is 3.99. The van der Waals surface area contributed by atoms with Gasteiger partial charge in [0.15, 0.2) is 0 Å². The molecule has 1 fully saturated rings. The summed E-state index contributed by atoms with van der Waals surface area (Å²) < 4.78 is 27.7. The number of nitrogens with zero attached hydrogens (tertiary/aromatic N) is 3. The molecule has 2 aromatic rings. The fourth-order valence-corrected chi connectivity index (χ4v) is 5.43. The molecular formula is C23H33N5O4S. The smallest absolute Gasteiger partial charge is 0.293 e. The van der Waals surface area contributed by atoms with Gasteiger partial charge in [0.05, 0.1) is 9.82 Å². The van der Waals surface area contributed by atoms with Crippen LogP contribution in [0.4, 0.5) is 11.4 Å². The lowest BCUT2D eigenvalue weighted by Gasteiger charge is -2.40. The van der Waals surface area contributed by atoms with Gasteiger partial charge in [0.25, 0.3) is 5.69 Å². The molecule has 3 rings (SSSR count). The minimum atomic E-state index is -3.87. The van der Waals surface area contributed by atoms with Gasteiger partial charge in [-0.15, -0.1) is 0 Å². The van der Waals surface area contributed by atoms with Crippen LogP contribution < -0.4 is 10.0 Å². The van der Waals surface area contributed by atoms with Crippen molar-refractivity contribution in [2.75, 3.05) is 45.1 Å². The summed E-state index contributed by atoms with van der Waals surface area (Å²) in [6.45, 7) is 9.13.